The summed E-state index contributed by atoms with van der Waals surface area (Å²) in [5.41, 5.74) is 1.28. The van der Waals surface area contributed by atoms with E-state index in [1.54, 1.807) is 24.3 Å². The molecule has 3 aromatic rings. The molecular weight excluding hydrogens is 300 g/mol. The number of aliphatic carboxylic acids is 1. The van der Waals surface area contributed by atoms with E-state index in [1.165, 1.54) is 12.3 Å². The average Bonchev–Trinajstić information content (AvgIpc) is 2.50. The molecule has 0 saturated carbocycles. The SMILES string of the molecule is O=C(O)Cc1ccc(-c2coc3cc(O)c(O)cc3c2=O)cc1. The lowest BCUT2D eigenvalue weighted by Crippen LogP contribution is -2.05. The molecule has 1 aromatic heterocycles. The molecule has 2 aromatic carbocycles. The van der Waals surface area contributed by atoms with E-state index in [1.807, 2.05) is 0 Å². The van der Waals surface area contributed by atoms with Gasteiger partial charge in [-0.3, -0.25) is 9.59 Å². The molecule has 0 spiro atoms. The van der Waals surface area contributed by atoms with E-state index in [0.717, 1.165) is 6.07 Å². The van der Waals surface area contributed by atoms with Gasteiger partial charge in [-0.1, -0.05) is 24.3 Å². The summed E-state index contributed by atoms with van der Waals surface area (Å²) in [4.78, 5) is 23.2. The number of hydrogen-bond acceptors (Lipinski definition) is 5. The van der Waals surface area contributed by atoms with Crippen LogP contribution in [0.5, 0.6) is 11.5 Å². The molecule has 0 aliphatic heterocycles. The lowest BCUT2D eigenvalue weighted by atomic mass is 10.0. The molecule has 0 fully saturated rings. The highest BCUT2D eigenvalue weighted by molar-refractivity contribution is 5.84. The first-order valence-electron chi connectivity index (χ1n) is 6.74. The summed E-state index contributed by atoms with van der Waals surface area (Å²) in [5.74, 6) is -1.71. The molecule has 116 valence electrons. The zero-order valence-electron chi connectivity index (χ0n) is 11.8. The molecule has 3 rings (SSSR count). The highest BCUT2D eigenvalue weighted by Crippen LogP contribution is 2.30. The maximum Gasteiger partial charge on any atom is 0.307 e. The summed E-state index contributed by atoms with van der Waals surface area (Å²) in [7, 11) is 0. The van der Waals surface area contributed by atoms with Gasteiger partial charge in [0, 0.05) is 6.07 Å². The van der Waals surface area contributed by atoms with Gasteiger partial charge < -0.3 is 19.7 Å². The predicted molar refractivity (Wildman–Crippen MR) is 82.6 cm³/mol. The molecule has 0 bridgehead atoms. The number of fused-ring (bicyclic) bond motifs is 1. The van der Waals surface area contributed by atoms with Crippen LogP contribution in [-0.4, -0.2) is 21.3 Å². The highest BCUT2D eigenvalue weighted by atomic mass is 16.4. The van der Waals surface area contributed by atoms with Crippen LogP contribution >= 0.6 is 0 Å². The van der Waals surface area contributed by atoms with Gasteiger partial charge in [-0.25, -0.2) is 0 Å². The Morgan fingerprint density at radius 1 is 1.04 bits per heavy atom. The van der Waals surface area contributed by atoms with Gasteiger partial charge in [-0.15, -0.1) is 0 Å². The molecule has 0 unspecified atom stereocenters. The predicted octanol–water partition coefficient (Wildman–Crippen LogP) is 2.50. The number of phenolic OH excluding ortho intramolecular Hbond substituents is 2. The van der Waals surface area contributed by atoms with E-state index in [9.17, 15) is 19.8 Å². The molecule has 0 radical (unpaired) electrons. The van der Waals surface area contributed by atoms with Crippen molar-refractivity contribution in [1.82, 2.24) is 0 Å². The second-order valence-electron chi connectivity index (χ2n) is 5.08. The summed E-state index contributed by atoms with van der Waals surface area (Å²) in [5, 5.41) is 27.9. The molecule has 3 N–H and O–H groups in total. The van der Waals surface area contributed by atoms with Crippen LogP contribution in [0.4, 0.5) is 0 Å². The van der Waals surface area contributed by atoms with E-state index >= 15 is 0 Å². The number of aromatic hydroxyl groups is 2. The Bertz CT molecular complexity index is 953. The largest absolute Gasteiger partial charge is 0.504 e. The van der Waals surface area contributed by atoms with Crippen molar-refractivity contribution in [2.75, 3.05) is 0 Å². The minimum Gasteiger partial charge on any atom is -0.504 e. The third-order valence-corrected chi connectivity index (χ3v) is 3.49. The minimum atomic E-state index is -0.932. The monoisotopic (exact) mass is 312 g/mol. The van der Waals surface area contributed by atoms with Crippen LogP contribution in [0, 0.1) is 0 Å². The van der Waals surface area contributed by atoms with Crippen LogP contribution in [0.1, 0.15) is 5.56 Å². The summed E-state index contributed by atoms with van der Waals surface area (Å²) < 4.78 is 5.34. The van der Waals surface area contributed by atoms with Crippen molar-refractivity contribution >= 4 is 16.9 Å². The first kappa shape index (κ1) is 14.6. The Morgan fingerprint density at radius 2 is 1.70 bits per heavy atom. The molecule has 0 atom stereocenters. The van der Waals surface area contributed by atoms with E-state index in [-0.39, 0.29) is 34.1 Å². The molecule has 1 heterocycles. The van der Waals surface area contributed by atoms with E-state index in [0.29, 0.717) is 11.1 Å². The zero-order chi connectivity index (χ0) is 16.6. The smallest absolute Gasteiger partial charge is 0.307 e. The maximum atomic E-state index is 12.5. The molecule has 0 aliphatic rings. The van der Waals surface area contributed by atoms with E-state index in [2.05, 4.69) is 0 Å². The molecular formula is C17H12O6. The van der Waals surface area contributed by atoms with Gasteiger partial charge in [0.1, 0.15) is 11.8 Å². The Morgan fingerprint density at radius 3 is 2.35 bits per heavy atom. The van der Waals surface area contributed by atoms with Gasteiger partial charge in [-0.05, 0) is 17.2 Å². The second-order valence-corrected chi connectivity index (χ2v) is 5.08. The normalized spacial score (nSPS) is 10.8. The van der Waals surface area contributed by atoms with Crippen molar-refractivity contribution in [2.24, 2.45) is 0 Å². The van der Waals surface area contributed by atoms with Crippen molar-refractivity contribution in [1.29, 1.82) is 0 Å². The van der Waals surface area contributed by atoms with Crippen LogP contribution in [-0.2, 0) is 11.2 Å². The minimum absolute atomic E-state index is 0.0975. The van der Waals surface area contributed by atoms with Gasteiger partial charge in [0.05, 0.1) is 17.4 Å². The quantitative estimate of drug-likeness (QED) is 0.641. The Labute approximate surface area is 129 Å². The summed E-state index contributed by atoms with van der Waals surface area (Å²) in [6.07, 6.45) is 1.17. The van der Waals surface area contributed by atoms with Crippen molar-refractivity contribution < 1.29 is 24.5 Å². The van der Waals surface area contributed by atoms with Crippen LogP contribution < -0.4 is 5.43 Å². The first-order chi connectivity index (χ1) is 11.0. The number of phenols is 2. The summed E-state index contributed by atoms with van der Waals surface area (Å²) in [6.45, 7) is 0. The molecule has 0 saturated heterocycles. The van der Waals surface area contributed by atoms with Gasteiger partial charge in [0.15, 0.2) is 11.5 Å². The fourth-order valence-electron chi connectivity index (χ4n) is 2.33. The van der Waals surface area contributed by atoms with Crippen LogP contribution in [0.15, 0.2) is 51.9 Å². The number of rotatable bonds is 3. The molecule has 0 amide bonds. The maximum absolute atomic E-state index is 12.5. The number of hydrogen-bond donors (Lipinski definition) is 3. The van der Waals surface area contributed by atoms with Crippen molar-refractivity contribution in [2.45, 2.75) is 6.42 Å². The Hall–Kier alpha value is -3.28. The van der Waals surface area contributed by atoms with Gasteiger partial charge in [-0.2, -0.15) is 0 Å². The lowest BCUT2D eigenvalue weighted by molar-refractivity contribution is -0.136. The number of carboxylic acid groups (broad SMARTS) is 1. The van der Waals surface area contributed by atoms with E-state index < -0.39 is 11.7 Å². The topological polar surface area (TPSA) is 108 Å². The summed E-state index contributed by atoms with van der Waals surface area (Å²) in [6, 6.07) is 8.85. The molecule has 23 heavy (non-hydrogen) atoms. The lowest BCUT2D eigenvalue weighted by Gasteiger charge is -2.05. The third-order valence-electron chi connectivity index (χ3n) is 3.49. The number of carboxylic acids is 1. The average molecular weight is 312 g/mol. The van der Waals surface area contributed by atoms with Gasteiger partial charge in [0.2, 0.25) is 5.43 Å². The summed E-state index contributed by atoms with van der Waals surface area (Å²) >= 11 is 0. The Balaban J connectivity index is 2.09. The highest BCUT2D eigenvalue weighted by Gasteiger charge is 2.12. The van der Waals surface area contributed by atoms with Crippen molar-refractivity contribution in [3.05, 3.63) is 58.4 Å². The fourth-order valence-corrected chi connectivity index (χ4v) is 2.33. The fraction of sp³-hybridized carbons (Fsp3) is 0.0588. The van der Waals surface area contributed by atoms with Gasteiger partial charge >= 0.3 is 5.97 Å². The molecule has 0 aliphatic carbocycles. The zero-order valence-corrected chi connectivity index (χ0v) is 11.8. The third kappa shape index (κ3) is 2.74. The first-order valence-corrected chi connectivity index (χ1v) is 6.74. The number of carbonyl (C=O) groups is 1. The second kappa shape index (κ2) is 5.49. The van der Waals surface area contributed by atoms with Crippen molar-refractivity contribution in [3.63, 3.8) is 0 Å². The Kier molecular flexibility index (Phi) is 3.50. The van der Waals surface area contributed by atoms with Crippen molar-refractivity contribution in [3.8, 4) is 22.6 Å². The van der Waals surface area contributed by atoms with Crippen LogP contribution in [0.3, 0.4) is 0 Å². The molecule has 6 nitrogen and oxygen atoms in total. The van der Waals surface area contributed by atoms with E-state index in [4.69, 9.17) is 9.52 Å². The van der Waals surface area contributed by atoms with Crippen LogP contribution in [0.2, 0.25) is 0 Å². The number of benzene rings is 2. The standard InChI is InChI=1S/C17H12O6/c18-13-6-11-15(7-14(13)19)23-8-12(17(11)22)10-3-1-9(2-4-10)5-16(20)21/h1-4,6-8,18-19H,5H2,(H,20,21). The molecule has 6 heteroatoms. The van der Waals surface area contributed by atoms with Crippen LogP contribution in [0.25, 0.3) is 22.1 Å². The van der Waals surface area contributed by atoms with Gasteiger partial charge in [0.25, 0.3) is 0 Å².